The lowest BCUT2D eigenvalue weighted by Gasteiger charge is -2.25. The number of aromatic nitrogens is 3. The fourth-order valence-corrected chi connectivity index (χ4v) is 2.74. The van der Waals surface area contributed by atoms with Crippen LogP contribution in [0, 0.1) is 6.92 Å². The van der Waals surface area contributed by atoms with Crippen molar-refractivity contribution < 1.29 is 0 Å². The summed E-state index contributed by atoms with van der Waals surface area (Å²) in [6.07, 6.45) is 0. The van der Waals surface area contributed by atoms with Gasteiger partial charge in [-0.25, -0.2) is 0 Å². The predicted octanol–water partition coefficient (Wildman–Crippen LogP) is 1.25. The van der Waals surface area contributed by atoms with Crippen molar-refractivity contribution in [3.05, 3.63) is 17.0 Å². The number of thiophene rings is 1. The Morgan fingerprint density at radius 1 is 1.29 bits per heavy atom. The number of H-pyrrole nitrogens is 1. The molecule has 1 aliphatic rings. The van der Waals surface area contributed by atoms with Crippen LogP contribution in [0.15, 0.2) is 12.1 Å². The van der Waals surface area contributed by atoms with E-state index in [-0.39, 0.29) is 0 Å². The summed E-state index contributed by atoms with van der Waals surface area (Å²) < 4.78 is 0. The third-order valence-corrected chi connectivity index (χ3v) is 3.85. The average Bonchev–Trinajstić information content (AvgIpc) is 2.98. The van der Waals surface area contributed by atoms with Crippen LogP contribution in [0.3, 0.4) is 0 Å². The van der Waals surface area contributed by atoms with E-state index in [1.54, 1.807) is 11.3 Å². The fraction of sp³-hybridized carbons (Fsp3) is 0.455. The van der Waals surface area contributed by atoms with Crippen LogP contribution in [0.2, 0.25) is 0 Å². The first-order chi connectivity index (χ1) is 8.33. The van der Waals surface area contributed by atoms with Crippen LogP contribution in [0.25, 0.3) is 10.7 Å². The zero-order valence-corrected chi connectivity index (χ0v) is 10.5. The van der Waals surface area contributed by atoms with Crippen molar-refractivity contribution in [2.45, 2.75) is 6.92 Å². The van der Waals surface area contributed by atoms with Crippen LogP contribution in [0.1, 0.15) is 4.88 Å². The second-order valence-electron chi connectivity index (χ2n) is 4.13. The molecule has 0 radical (unpaired) electrons. The van der Waals surface area contributed by atoms with Crippen molar-refractivity contribution in [3.8, 4) is 10.7 Å². The molecule has 0 atom stereocenters. The summed E-state index contributed by atoms with van der Waals surface area (Å²) in [4.78, 5) is 9.21. The molecule has 0 spiro atoms. The van der Waals surface area contributed by atoms with Gasteiger partial charge in [0.15, 0.2) is 5.82 Å². The fourth-order valence-electron chi connectivity index (χ4n) is 1.93. The Hall–Kier alpha value is -1.40. The van der Waals surface area contributed by atoms with E-state index in [9.17, 15) is 0 Å². The minimum absolute atomic E-state index is 0.813. The van der Waals surface area contributed by atoms with Crippen molar-refractivity contribution in [3.63, 3.8) is 0 Å². The third kappa shape index (κ3) is 2.18. The molecule has 0 aliphatic carbocycles. The molecule has 0 amide bonds. The van der Waals surface area contributed by atoms with Gasteiger partial charge in [0.1, 0.15) is 0 Å². The van der Waals surface area contributed by atoms with Crippen LogP contribution >= 0.6 is 11.3 Å². The Kier molecular flexibility index (Phi) is 2.82. The van der Waals surface area contributed by atoms with E-state index >= 15 is 0 Å². The highest BCUT2D eigenvalue weighted by molar-refractivity contribution is 7.15. The zero-order chi connectivity index (χ0) is 11.7. The molecule has 5 nitrogen and oxygen atoms in total. The number of hydrogen-bond acceptors (Lipinski definition) is 5. The smallest absolute Gasteiger partial charge is 0.245 e. The molecule has 2 aromatic rings. The highest BCUT2D eigenvalue weighted by atomic mass is 32.1. The number of rotatable bonds is 2. The molecular weight excluding hydrogens is 234 g/mol. The number of anilines is 1. The Morgan fingerprint density at radius 3 is 2.82 bits per heavy atom. The van der Waals surface area contributed by atoms with E-state index in [2.05, 4.69) is 44.5 Å². The summed E-state index contributed by atoms with van der Waals surface area (Å²) in [6, 6.07) is 4.19. The molecule has 1 aliphatic heterocycles. The van der Waals surface area contributed by atoms with E-state index in [0.29, 0.717) is 0 Å². The lowest BCUT2D eigenvalue weighted by Crippen LogP contribution is -2.44. The van der Waals surface area contributed by atoms with Crippen molar-refractivity contribution in [2.24, 2.45) is 0 Å². The van der Waals surface area contributed by atoms with E-state index < -0.39 is 0 Å². The minimum Gasteiger partial charge on any atom is -0.337 e. The highest BCUT2D eigenvalue weighted by Gasteiger charge is 2.15. The first kappa shape index (κ1) is 10.7. The third-order valence-electron chi connectivity index (χ3n) is 2.85. The molecule has 0 saturated carbocycles. The van der Waals surface area contributed by atoms with E-state index in [0.717, 1.165) is 42.8 Å². The van der Waals surface area contributed by atoms with Gasteiger partial charge in [-0.15, -0.1) is 16.4 Å². The van der Waals surface area contributed by atoms with Gasteiger partial charge in [-0.1, -0.05) is 0 Å². The Labute approximate surface area is 104 Å². The number of piperazine rings is 1. The lowest BCUT2D eigenvalue weighted by molar-refractivity contribution is 0.580. The predicted molar refractivity (Wildman–Crippen MR) is 69.5 cm³/mol. The Balaban J connectivity index is 1.82. The maximum absolute atomic E-state index is 4.56. The molecule has 2 aromatic heterocycles. The molecule has 1 fully saturated rings. The van der Waals surface area contributed by atoms with E-state index in [1.165, 1.54) is 4.88 Å². The zero-order valence-electron chi connectivity index (χ0n) is 9.73. The van der Waals surface area contributed by atoms with Gasteiger partial charge in [0, 0.05) is 31.1 Å². The van der Waals surface area contributed by atoms with Crippen LogP contribution in [0.4, 0.5) is 5.95 Å². The summed E-state index contributed by atoms with van der Waals surface area (Å²) in [5.41, 5.74) is 0. The normalized spacial score (nSPS) is 16.4. The molecule has 0 aromatic carbocycles. The van der Waals surface area contributed by atoms with Crippen LogP contribution in [-0.2, 0) is 0 Å². The SMILES string of the molecule is Cc1ccc(-c2nc(N3CCNCC3)n[nH]2)s1. The lowest BCUT2D eigenvalue weighted by atomic mass is 10.4. The second kappa shape index (κ2) is 4.46. The maximum Gasteiger partial charge on any atom is 0.245 e. The van der Waals surface area contributed by atoms with Gasteiger partial charge in [0.05, 0.1) is 4.88 Å². The van der Waals surface area contributed by atoms with Crippen LogP contribution in [-0.4, -0.2) is 41.4 Å². The van der Waals surface area contributed by atoms with Crippen molar-refractivity contribution >= 4 is 17.3 Å². The van der Waals surface area contributed by atoms with Crippen molar-refractivity contribution in [2.75, 3.05) is 31.1 Å². The van der Waals surface area contributed by atoms with Crippen LogP contribution in [0.5, 0.6) is 0 Å². The monoisotopic (exact) mass is 249 g/mol. The quantitative estimate of drug-likeness (QED) is 0.841. The summed E-state index contributed by atoms with van der Waals surface area (Å²) in [5, 5.41) is 10.6. The number of nitrogens with one attached hydrogen (secondary N) is 2. The van der Waals surface area contributed by atoms with Crippen LogP contribution < -0.4 is 10.2 Å². The van der Waals surface area contributed by atoms with Gasteiger partial charge in [-0.3, -0.25) is 5.10 Å². The number of hydrogen-bond donors (Lipinski definition) is 2. The number of aromatic amines is 1. The second-order valence-corrected chi connectivity index (χ2v) is 5.42. The Bertz CT molecular complexity index is 497. The van der Waals surface area contributed by atoms with Gasteiger partial charge in [-0.2, -0.15) is 4.98 Å². The molecule has 1 saturated heterocycles. The summed E-state index contributed by atoms with van der Waals surface area (Å²) in [6.45, 7) is 6.05. The molecule has 3 rings (SSSR count). The Morgan fingerprint density at radius 2 is 2.12 bits per heavy atom. The standard InChI is InChI=1S/C11H15N5S/c1-8-2-3-9(17-8)10-13-11(15-14-10)16-6-4-12-5-7-16/h2-3,12H,4-7H2,1H3,(H,13,14,15). The topological polar surface area (TPSA) is 56.8 Å². The first-order valence-electron chi connectivity index (χ1n) is 5.78. The summed E-state index contributed by atoms with van der Waals surface area (Å²) in [7, 11) is 0. The van der Waals surface area contributed by atoms with Gasteiger partial charge in [-0.05, 0) is 19.1 Å². The van der Waals surface area contributed by atoms with E-state index in [1.807, 2.05) is 0 Å². The molecule has 6 heteroatoms. The maximum atomic E-state index is 4.56. The highest BCUT2D eigenvalue weighted by Crippen LogP contribution is 2.25. The summed E-state index contributed by atoms with van der Waals surface area (Å²) in [5.74, 6) is 1.68. The first-order valence-corrected chi connectivity index (χ1v) is 6.59. The van der Waals surface area contributed by atoms with Gasteiger partial charge in [0.25, 0.3) is 0 Å². The van der Waals surface area contributed by atoms with E-state index in [4.69, 9.17) is 0 Å². The average molecular weight is 249 g/mol. The molecular formula is C11H15N5S. The molecule has 0 bridgehead atoms. The van der Waals surface area contributed by atoms with Gasteiger partial charge in [0.2, 0.25) is 5.95 Å². The minimum atomic E-state index is 0.813. The summed E-state index contributed by atoms with van der Waals surface area (Å²) >= 11 is 1.74. The van der Waals surface area contributed by atoms with Gasteiger partial charge >= 0.3 is 0 Å². The largest absolute Gasteiger partial charge is 0.337 e. The molecule has 3 heterocycles. The molecule has 2 N–H and O–H groups in total. The molecule has 0 unspecified atom stereocenters. The molecule has 17 heavy (non-hydrogen) atoms. The van der Waals surface area contributed by atoms with Crippen molar-refractivity contribution in [1.29, 1.82) is 0 Å². The molecule has 90 valence electrons. The number of nitrogens with zero attached hydrogens (tertiary/aromatic N) is 3. The number of aryl methyl sites for hydroxylation is 1. The van der Waals surface area contributed by atoms with Crippen molar-refractivity contribution in [1.82, 2.24) is 20.5 Å². The van der Waals surface area contributed by atoms with Gasteiger partial charge < -0.3 is 10.2 Å².